The van der Waals surface area contributed by atoms with Gasteiger partial charge < -0.3 is 15.7 Å². The molecule has 3 N–H and O–H groups in total. The minimum atomic E-state index is 0.112. The lowest BCUT2D eigenvalue weighted by atomic mass is 10.1. The summed E-state index contributed by atoms with van der Waals surface area (Å²) in [5, 5.41) is 18.5. The maximum Gasteiger partial charge on any atom is 0.165 e. The number of anilines is 1. The van der Waals surface area contributed by atoms with Gasteiger partial charge in [-0.25, -0.2) is 9.97 Å². The zero-order chi connectivity index (χ0) is 18.6. The largest absolute Gasteiger partial charge is 0.507 e. The summed E-state index contributed by atoms with van der Waals surface area (Å²) < 4.78 is 0. The van der Waals surface area contributed by atoms with Gasteiger partial charge in [0, 0.05) is 49.7 Å². The Morgan fingerprint density at radius 2 is 1.93 bits per heavy atom. The third-order valence-electron chi connectivity index (χ3n) is 4.73. The van der Waals surface area contributed by atoms with E-state index in [2.05, 4.69) is 25.5 Å². The van der Waals surface area contributed by atoms with Crippen molar-refractivity contribution < 1.29 is 5.11 Å². The zero-order valence-electron chi connectivity index (χ0n) is 15.0. The van der Waals surface area contributed by atoms with Crippen LogP contribution in [0, 0.1) is 0 Å². The Morgan fingerprint density at radius 1 is 1.11 bits per heavy atom. The molecule has 1 aliphatic heterocycles. The quantitative estimate of drug-likeness (QED) is 0.629. The number of fused-ring (bicyclic) bond motifs is 1. The average Bonchev–Trinajstić information content (AvgIpc) is 2.70. The Bertz CT molecular complexity index is 943. The molecule has 3 aromatic rings. The van der Waals surface area contributed by atoms with Crippen LogP contribution in [-0.4, -0.2) is 59.2 Å². The van der Waals surface area contributed by atoms with E-state index in [0.29, 0.717) is 16.4 Å². The van der Waals surface area contributed by atoms with E-state index in [1.165, 1.54) is 0 Å². The van der Waals surface area contributed by atoms with E-state index in [1.807, 2.05) is 24.3 Å². The van der Waals surface area contributed by atoms with Crippen molar-refractivity contribution in [1.82, 2.24) is 20.2 Å². The third kappa shape index (κ3) is 4.13. The molecule has 1 saturated heterocycles. The molecule has 1 aromatic heterocycles. The number of phenols is 1. The molecule has 1 aliphatic rings. The van der Waals surface area contributed by atoms with Crippen LogP contribution in [0.3, 0.4) is 0 Å². The molecule has 0 unspecified atom stereocenters. The number of halogens is 1. The molecule has 0 atom stereocenters. The van der Waals surface area contributed by atoms with Crippen LogP contribution >= 0.6 is 11.6 Å². The average molecular weight is 384 g/mol. The van der Waals surface area contributed by atoms with Gasteiger partial charge in [-0.1, -0.05) is 23.7 Å². The topological polar surface area (TPSA) is 73.3 Å². The number of hydrogen-bond acceptors (Lipinski definition) is 6. The summed E-state index contributed by atoms with van der Waals surface area (Å²) >= 11 is 6.10. The van der Waals surface area contributed by atoms with Crippen LogP contribution in [0.2, 0.25) is 5.02 Å². The number of benzene rings is 2. The van der Waals surface area contributed by atoms with Gasteiger partial charge in [-0.05, 0) is 30.3 Å². The van der Waals surface area contributed by atoms with Crippen LogP contribution in [0.5, 0.6) is 5.75 Å². The standard InChI is InChI=1S/C20H22ClN5O/c21-14-5-6-18(27)16(13-14)20-24-17-4-2-1-3-15(17)19(25-20)23-9-12-26-10-7-22-8-11-26/h1-6,13,22,27H,7-12H2,(H,23,24,25). The van der Waals surface area contributed by atoms with Crippen molar-refractivity contribution in [3.8, 4) is 17.1 Å². The molecule has 2 aromatic carbocycles. The predicted molar refractivity (Wildman–Crippen MR) is 109 cm³/mol. The number of aromatic hydroxyl groups is 1. The highest BCUT2D eigenvalue weighted by molar-refractivity contribution is 6.30. The first-order valence-corrected chi connectivity index (χ1v) is 9.51. The van der Waals surface area contributed by atoms with Crippen LogP contribution in [-0.2, 0) is 0 Å². The van der Waals surface area contributed by atoms with Gasteiger partial charge in [0.1, 0.15) is 11.6 Å². The molecule has 27 heavy (non-hydrogen) atoms. The second-order valence-electron chi connectivity index (χ2n) is 6.59. The summed E-state index contributed by atoms with van der Waals surface area (Å²) in [4.78, 5) is 11.7. The first kappa shape index (κ1) is 18.0. The first-order chi connectivity index (χ1) is 13.2. The molecule has 1 fully saturated rings. The number of para-hydroxylation sites is 1. The lowest BCUT2D eigenvalue weighted by Crippen LogP contribution is -2.45. The van der Waals surface area contributed by atoms with Crippen LogP contribution in [0.1, 0.15) is 0 Å². The van der Waals surface area contributed by atoms with Crippen molar-refractivity contribution in [2.75, 3.05) is 44.6 Å². The number of nitrogens with one attached hydrogen (secondary N) is 2. The van der Waals surface area contributed by atoms with Gasteiger partial charge in [0.15, 0.2) is 5.82 Å². The van der Waals surface area contributed by atoms with Crippen molar-refractivity contribution in [3.05, 3.63) is 47.5 Å². The van der Waals surface area contributed by atoms with Crippen LogP contribution in [0.4, 0.5) is 5.82 Å². The van der Waals surface area contributed by atoms with E-state index < -0.39 is 0 Å². The summed E-state index contributed by atoms with van der Waals surface area (Å²) in [5.74, 6) is 1.34. The van der Waals surface area contributed by atoms with E-state index in [0.717, 1.165) is 56.0 Å². The molecule has 0 saturated carbocycles. The Kier molecular flexibility index (Phi) is 5.38. The number of hydrogen-bond donors (Lipinski definition) is 3. The zero-order valence-corrected chi connectivity index (χ0v) is 15.7. The predicted octanol–water partition coefficient (Wildman–Crippen LogP) is 2.97. The molecule has 0 aliphatic carbocycles. The number of aromatic nitrogens is 2. The summed E-state index contributed by atoms with van der Waals surface area (Å²) in [5.41, 5.74) is 1.35. The Labute approximate surface area is 163 Å². The van der Waals surface area contributed by atoms with Crippen molar-refractivity contribution in [2.45, 2.75) is 0 Å². The Morgan fingerprint density at radius 3 is 2.78 bits per heavy atom. The first-order valence-electron chi connectivity index (χ1n) is 9.13. The van der Waals surface area contributed by atoms with Crippen LogP contribution in [0.15, 0.2) is 42.5 Å². The van der Waals surface area contributed by atoms with Crippen molar-refractivity contribution in [2.24, 2.45) is 0 Å². The normalized spacial score (nSPS) is 15.1. The van der Waals surface area contributed by atoms with E-state index in [4.69, 9.17) is 11.6 Å². The minimum absolute atomic E-state index is 0.112. The summed E-state index contributed by atoms with van der Waals surface area (Å²) in [6.45, 7) is 5.95. The molecule has 140 valence electrons. The van der Waals surface area contributed by atoms with Gasteiger partial charge >= 0.3 is 0 Å². The van der Waals surface area contributed by atoms with Gasteiger partial charge in [-0.15, -0.1) is 0 Å². The molecule has 7 heteroatoms. The fourth-order valence-corrected chi connectivity index (χ4v) is 3.46. The fourth-order valence-electron chi connectivity index (χ4n) is 3.29. The highest BCUT2D eigenvalue weighted by atomic mass is 35.5. The lowest BCUT2D eigenvalue weighted by Gasteiger charge is -2.27. The Hall–Kier alpha value is -2.41. The second kappa shape index (κ2) is 8.08. The van der Waals surface area contributed by atoms with Gasteiger partial charge in [-0.3, -0.25) is 4.90 Å². The highest BCUT2D eigenvalue weighted by Crippen LogP contribution is 2.32. The monoisotopic (exact) mass is 383 g/mol. The van der Waals surface area contributed by atoms with E-state index in [9.17, 15) is 5.11 Å². The molecule has 0 radical (unpaired) electrons. The molecule has 6 nitrogen and oxygen atoms in total. The lowest BCUT2D eigenvalue weighted by molar-refractivity contribution is 0.249. The van der Waals surface area contributed by atoms with Gasteiger partial charge in [0.25, 0.3) is 0 Å². The van der Waals surface area contributed by atoms with Crippen LogP contribution in [0.25, 0.3) is 22.3 Å². The summed E-state index contributed by atoms with van der Waals surface area (Å²) in [7, 11) is 0. The minimum Gasteiger partial charge on any atom is -0.507 e. The molecule has 0 amide bonds. The molecular formula is C20H22ClN5O. The number of piperazine rings is 1. The Balaban J connectivity index is 1.63. The second-order valence-corrected chi connectivity index (χ2v) is 7.03. The maximum absolute atomic E-state index is 10.2. The summed E-state index contributed by atoms with van der Waals surface area (Å²) in [6, 6.07) is 12.8. The van der Waals surface area contributed by atoms with E-state index >= 15 is 0 Å². The maximum atomic E-state index is 10.2. The summed E-state index contributed by atoms with van der Waals surface area (Å²) in [6.07, 6.45) is 0. The smallest absolute Gasteiger partial charge is 0.165 e. The number of nitrogens with zero attached hydrogens (tertiary/aromatic N) is 3. The molecule has 4 rings (SSSR count). The van der Waals surface area contributed by atoms with E-state index in [-0.39, 0.29) is 5.75 Å². The van der Waals surface area contributed by atoms with Crippen molar-refractivity contribution >= 4 is 28.3 Å². The van der Waals surface area contributed by atoms with Gasteiger partial charge in [0.2, 0.25) is 0 Å². The van der Waals surface area contributed by atoms with E-state index in [1.54, 1.807) is 18.2 Å². The van der Waals surface area contributed by atoms with Crippen molar-refractivity contribution in [3.63, 3.8) is 0 Å². The molecule has 2 heterocycles. The van der Waals surface area contributed by atoms with Crippen molar-refractivity contribution in [1.29, 1.82) is 0 Å². The highest BCUT2D eigenvalue weighted by Gasteiger charge is 2.14. The fraction of sp³-hybridized carbons (Fsp3) is 0.300. The van der Waals surface area contributed by atoms with Gasteiger partial charge in [-0.2, -0.15) is 0 Å². The molecule has 0 spiro atoms. The molecular weight excluding hydrogens is 362 g/mol. The molecule has 0 bridgehead atoms. The van der Waals surface area contributed by atoms with Crippen LogP contribution < -0.4 is 10.6 Å². The third-order valence-corrected chi connectivity index (χ3v) is 4.97. The van der Waals surface area contributed by atoms with Gasteiger partial charge in [0.05, 0.1) is 11.1 Å². The number of phenolic OH excluding ortho intramolecular Hbond substituents is 1. The number of rotatable bonds is 5. The SMILES string of the molecule is Oc1ccc(Cl)cc1-c1nc(NCCN2CCNCC2)c2ccccc2n1.